The highest BCUT2D eigenvalue weighted by Gasteiger charge is 2.38. The molecule has 162 valence electrons. The number of carbonyl (C=O) groups is 3. The van der Waals surface area contributed by atoms with Crippen LogP contribution in [0.2, 0.25) is 10.0 Å². The largest absolute Gasteiger partial charge is 0.336 e. The molecule has 1 aromatic heterocycles. The Labute approximate surface area is 195 Å². The predicted octanol–water partition coefficient (Wildman–Crippen LogP) is 5.38. The summed E-state index contributed by atoms with van der Waals surface area (Å²) >= 11 is 12.3. The molecule has 0 spiro atoms. The van der Waals surface area contributed by atoms with E-state index in [1.807, 2.05) is 49.6 Å². The van der Waals surface area contributed by atoms with Gasteiger partial charge >= 0.3 is 6.03 Å². The van der Waals surface area contributed by atoms with Crippen molar-refractivity contribution in [2.24, 2.45) is 0 Å². The van der Waals surface area contributed by atoms with E-state index in [-0.39, 0.29) is 21.3 Å². The molecule has 8 heteroatoms. The maximum atomic E-state index is 13.2. The average molecular weight is 468 g/mol. The summed E-state index contributed by atoms with van der Waals surface area (Å²) in [6, 6.07) is 13.6. The number of rotatable bonds is 3. The molecule has 4 amide bonds. The molecule has 2 heterocycles. The van der Waals surface area contributed by atoms with Crippen molar-refractivity contribution in [2.75, 3.05) is 4.90 Å². The van der Waals surface area contributed by atoms with Crippen molar-refractivity contribution in [2.45, 2.75) is 20.8 Å². The van der Waals surface area contributed by atoms with E-state index in [0.29, 0.717) is 5.56 Å². The number of imide groups is 2. The van der Waals surface area contributed by atoms with Crippen molar-refractivity contribution in [3.63, 3.8) is 0 Å². The molecule has 1 N–H and O–H groups in total. The monoisotopic (exact) mass is 467 g/mol. The Kier molecular flexibility index (Phi) is 5.67. The van der Waals surface area contributed by atoms with E-state index < -0.39 is 17.8 Å². The number of nitrogens with one attached hydrogen (secondary N) is 1. The first kappa shape index (κ1) is 21.9. The first-order valence-electron chi connectivity index (χ1n) is 9.80. The summed E-state index contributed by atoms with van der Waals surface area (Å²) in [7, 11) is 0. The topological polar surface area (TPSA) is 71.4 Å². The lowest BCUT2D eigenvalue weighted by molar-refractivity contribution is -0.122. The molecule has 3 aromatic rings. The third-order valence-electron chi connectivity index (χ3n) is 5.30. The van der Waals surface area contributed by atoms with Crippen LogP contribution in [0.1, 0.15) is 22.5 Å². The Morgan fingerprint density at radius 1 is 0.938 bits per heavy atom. The van der Waals surface area contributed by atoms with Crippen LogP contribution < -0.4 is 10.2 Å². The van der Waals surface area contributed by atoms with Gasteiger partial charge < -0.3 is 4.57 Å². The van der Waals surface area contributed by atoms with E-state index in [4.69, 9.17) is 23.2 Å². The van der Waals surface area contributed by atoms with Crippen molar-refractivity contribution >= 4 is 52.8 Å². The molecule has 1 aliphatic heterocycles. The van der Waals surface area contributed by atoms with E-state index in [1.165, 1.54) is 12.1 Å². The van der Waals surface area contributed by atoms with Gasteiger partial charge in [0, 0.05) is 17.1 Å². The summed E-state index contributed by atoms with van der Waals surface area (Å²) in [5.41, 5.74) is 4.50. The highest BCUT2D eigenvalue weighted by atomic mass is 35.5. The van der Waals surface area contributed by atoms with E-state index in [1.54, 1.807) is 12.1 Å². The lowest BCUT2D eigenvalue weighted by Gasteiger charge is -2.27. The van der Waals surface area contributed by atoms with Crippen LogP contribution in [0.3, 0.4) is 0 Å². The van der Waals surface area contributed by atoms with Gasteiger partial charge in [-0.05, 0) is 68.3 Å². The fraction of sp³-hybridized carbons (Fsp3) is 0.125. The Morgan fingerprint density at radius 2 is 1.66 bits per heavy atom. The first-order valence-corrected chi connectivity index (χ1v) is 10.6. The molecule has 6 nitrogen and oxygen atoms in total. The summed E-state index contributed by atoms with van der Waals surface area (Å²) in [6.45, 7) is 5.86. The van der Waals surface area contributed by atoms with E-state index >= 15 is 0 Å². The SMILES string of the molecule is Cc1cccc(-n2c(C)cc(/C=C3\C(=O)NC(=O)N(c4cccc(Cl)c4Cl)C3=O)c2C)c1. The lowest BCUT2D eigenvalue weighted by atomic mass is 10.1. The van der Waals surface area contributed by atoms with Crippen LogP contribution in [0, 0.1) is 20.8 Å². The Bertz CT molecular complexity index is 1320. The zero-order valence-electron chi connectivity index (χ0n) is 17.6. The Hall–Kier alpha value is -3.35. The highest BCUT2D eigenvalue weighted by molar-refractivity contribution is 6.46. The van der Waals surface area contributed by atoms with Gasteiger partial charge in [0.05, 0.1) is 15.7 Å². The third kappa shape index (κ3) is 3.72. The molecule has 0 atom stereocenters. The first-order chi connectivity index (χ1) is 15.2. The van der Waals surface area contributed by atoms with Crippen molar-refractivity contribution in [3.05, 3.63) is 86.7 Å². The number of barbiturate groups is 1. The van der Waals surface area contributed by atoms with Gasteiger partial charge in [0.1, 0.15) is 5.57 Å². The maximum Gasteiger partial charge on any atom is 0.336 e. The smallest absolute Gasteiger partial charge is 0.318 e. The number of benzene rings is 2. The highest BCUT2D eigenvalue weighted by Crippen LogP contribution is 2.34. The number of hydrogen-bond donors (Lipinski definition) is 1. The molecule has 4 rings (SSSR count). The Balaban J connectivity index is 1.79. The summed E-state index contributed by atoms with van der Waals surface area (Å²) in [5.74, 6) is -1.54. The fourth-order valence-corrected chi connectivity index (χ4v) is 4.18. The second-order valence-corrected chi connectivity index (χ2v) is 8.32. The van der Waals surface area contributed by atoms with Crippen LogP contribution in [-0.4, -0.2) is 22.4 Å². The van der Waals surface area contributed by atoms with E-state index in [9.17, 15) is 14.4 Å². The van der Waals surface area contributed by atoms with Gasteiger partial charge in [0.2, 0.25) is 0 Å². The molecule has 1 saturated heterocycles. The molecular weight excluding hydrogens is 449 g/mol. The van der Waals surface area contributed by atoms with Crippen LogP contribution in [0.5, 0.6) is 0 Å². The predicted molar refractivity (Wildman–Crippen MR) is 125 cm³/mol. The number of hydrogen-bond acceptors (Lipinski definition) is 3. The molecular formula is C24H19Cl2N3O3. The van der Waals surface area contributed by atoms with Crippen LogP contribution >= 0.6 is 23.2 Å². The van der Waals surface area contributed by atoms with Gasteiger partial charge in [0.15, 0.2) is 0 Å². The molecule has 0 bridgehead atoms. The standard InChI is InChI=1S/C24H19Cl2N3O3/c1-13-6-4-7-17(10-13)28-14(2)11-16(15(28)3)12-18-22(30)27-24(32)29(23(18)31)20-9-5-8-19(25)21(20)26/h4-12H,1-3H3,(H,27,30,32)/b18-12+. The second kappa shape index (κ2) is 8.30. The fourth-order valence-electron chi connectivity index (χ4n) is 3.79. The average Bonchev–Trinajstić information content (AvgIpc) is 3.01. The molecule has 2 aromatic carbocycles. The van der Waals surface area contributed by atoms with Crippen molar-refractivity contribution in [1.29, 1.82) is 0 Å². The number of aromatic nitrogens is 1. The van der Waals surface area contributed by atoms with Gasteiger partial charge in [0.25, 0.3) is 11.8 Å². The van der Waals surface area contributed by atoms with Gasteiger partial charge in [-0.1, -0.05) is 41.4 Å². The molecule has 0 unspecified atom stereocenters. The van der Waals surface area contributed by atoms with Crippen molar-refractivity contribution in [3.8, 4) is 5.69 Å². The van der Waals surface area contributed by atoms with Gasteiger partial charge in [-0.2, -0.15) is 0 Å². The minimum Gasteiger partial charge on any atom is -0.318 e. The second-order valence-electron chi connectivity index (χ2n) is 7.53. The summed E-state index contributed by atoms with van der Waals surface area (Å²) in [4.78, 5) is 39.0. The van der Waals surface area contributed by atoms with Crippen molar-refractivity contribution < 1.29 is 14.4 Å². The molecule has 0 saturated carbocycles. The van der Waals surface area contributed by atoms with Gasteiger partial charge in [-0.15, -0.1) is 0 Å². The van der Waals surface area contributed by atoms with E-state index in [0.717, 1.165) is 27.5 Å². The number of anilines is 1. The molecule has 32 heavy (non-hydrogen) atoms. The summed E-state index contributed by atoms with van der Waals surface area (Å²) in [6.07, 6.45) is 1.49. The molecule has 0 radical (unpaired) electrons. The molecule has 0 aliphatic carbocycles. The maximum absolute atomic E-state index is 13.2. The number of urea groups is 1. The quantitative estimate of drug-likeness (QED) is 0.415. The summed E-state index contributed by atoms with van der Waals surface area (Å²) in [5, 5.41) is 2.44. The summed E-state index contributed by atoms with van der Waals surface area (Å²) < 4.78 is 2.04. The number of amides is 4. The van der Waals surface area contributed by atoms with Gasteiger partial charge in [-0.25, -0.2) is 9.69 Å². The normalized spacial score (nSPS) is 15.5. The van der Waals surface area contributed by atoms with Crippen LogP contribution in [-0.2, 0) is 9.59 Å². The minimum atomic E-state index is -0.883. The van der Waals surface area contributed by atoms with Crippen LogP contribution in [0.25, 0.3) is 11.8 Å². The zero-order chi connectivity index (χ0) is 23.2. The molecule has 1 fully saturated rings. The third-order valence-corrected chi connectivity index (χ3v) is 6.11. The zero-order valence-corrected chi connectivity index (χ0v) is 19.1. The van der Waals surface area contributed by atoms with Crippen molar-refractivity contribution in [1.82, 2.24) is 9.88 Å². The molecule has 1 aliphatic rings. The number of carbonyl (C=O) groups excluding carboxylic acids is 3. The lowest BCUT2D eigenvalue weighted by Crippen LogP contribution is -2.54. The Morgan fingerprint density at radius 3 is 2.38 bits per heavy atom. The number of aryl methyl sites for hydroxylation is 2. The minimum absolute atomic E-state index is 0.0454. The number of nitrogens with zero attached hydrogens (tertiary/aromatic N) is 2. The van der Waals surface area contributed by atoms with Gasteiger partial charge in [-0.3, -0.25) is 14.9 Å². The van der Waals surface area contributed by atoms with E-state index in [2.05, 4.69) is 11.4 Å². The number of halogens is 2. The van der Waals surface area contributed by atoms with Crippen LogP contribution in [0.15, 0.2) is 54.1 Å². The van der Waals surface area contributed by atoms with Crippen LogP contribution in [0.4, 0.5) is 10.5 Å².